The monoisotopic (exact) mass is 195 g/mol. The predicted octanol–water partition coefficient (Wildman–Crippen LogP) is 1.59. The molecule has 5 heteroatoms. The Bertz CT molecular complexity index is 359. The van der Waals surface area contributed by atoms with Crippen LogP contribution in [0.25, 0.3) is 4.85 Å². The second-order valence-corrected chi connectivity index (χ2v) is 2.66. The molecule has 0 atom stereocenters. The molecule has 4 nitrogen and oxygen atoms in total. The molecule has 0 bridgehead atoms. The van der Waals surface area contributed by atoms with E-state index in [-0.39, 0.29) is 12.5 Å². The van der Waals surface area contributed by atoms with Crippen LogP contribution in [0.1, 0.15) is 0 Å². The quantitative estimate of drug-likeness (QED) is 0.729. The fourth-order valence-electron chi connectivity index (χ4n) is 0.727. The van der Waals surface area contributed by atoms with Gasteiger partial charge in [-0.1, -0.05) is 11.6 Å². The van der Waals surface area contributed by atoms with E-state index in [1.807, 2.05) is 0 Å². The molecule has 1 rings (SSSR count). The minimum Gasteiger partial charge on any atom is -0.306 e. The third kappa shape index (κ3) is 3.09. The maximum Gasteiger partial charge on any atom is 0.305 e. The smallest absolute Gasteiger partial charge is 0.305 e. The fourth-order valence-corrected chi connectivity index (χ4v) is 0.887. The van der Waals surface area contributed by atoms with E-state index >= 15 is 0 Å². The van der Waals surface area contributed by atoms with Crippen LogP contribution < -0.4 is 5.32 Å². The van der Waals surface area contributed by atoms with Gasteiger partial charge in [0, 0.05) is 11.2 Å². The number of carbonyl (C=O) groups excluding carboxylic acids is 1. The molecule has 13 heavy (non-hydrogen) atoms. The summed E-state index contributed by atoms with van der Waals surface area (Å²) in [4.78, 5) is 17.7. The summed E-state index contributed by atoms with van der Waals surface area (Å²) >= 11 is 5.65. The molecular formula is C8H6ClN3O. The molecule has 66 valence electrons. The Labute approximate surface area is 80.4 Å². The number of nitrogens with zero attached hydrogens (tertiary/aromatic N) is 2. The van der Waals surface area contributed by atoms with Gasteiger partial charge < -0.3 is 10.2 Å². The Morgan fingerprint density at radius 2 is 2.54 bits per heavy atom. The minimum absolute atomic E-state index is 0.200. The molecule has 0 radical (unpaired) electrons. The van der Waals surface area contributed by atoms with Gasteiger partial charge in [0.05, 0.1) is 0 Å². The zero-order valence-corrected chi connectivity index (χ0v) is 7.38. The zero-order valence-electron chi connectivity index (χ0n) is 6.62. The number of halogens is 1. The van der Waals surface area contributed by atoms with E-state index in [9.17, 15) is 4.79 Å². The topological polar surface area (TPSA) is 46.4 Å². The maximum atomic E-state index is 10.9. The van der Waals surface area contributed by atoms with Crippen molar-refractivity contribution in [3.63, 3.8) is 0 Å². The highest BCUT2D eigenvalue weighted by Crippen LogP contribution is 2.11. The van der Waals surface area contributed by atoms with Crippen LogP contribution >= 0.6 is 11.6 Å². The highest BCUT2D eigenvalue weighted by Gasteiger charge is 2.04. The Kier molecular flexibility index (Phi) is 3.23. The third-order valence-electron chi connectivity index (χ3n) is 1.21. The molecule has 1 amide bonds. The van der Waals surface area contributed by atoms with Crippen LogP contribution in [0, 0.1) is 6.57 Å². The second kappa shape index (κ2) is 4.43. The largest absolute Gasteiger partial charge is 0.306 e. The molecule has 0 aliphatic heterocycles. The third-order valence-corrected chi connectivity index (χ3v) is 1.45. The first kappa shape index (κ1) is 9.49. The molecule has 0 aromatic carbocycles. The van der Waals surface area contributed by atoms with Gasteiger partial charge in [-0.25, -0.2) is 11.6 Å². The Hall–Kier alpha value is -1.60. The van der Waals surface area contributed by atoms with Crippen molar-refractivity contribution in [3.05, 3.63) is 34.8 Å². The van der Waals surface area contributed by atoms with E-state index in [1.165, 1.54) is 12.3 Å². The van der Waals surface area contributed by atoms with Crippen molar-refractivity contribution >= 4 is 23.3 Å². The molecule has 0 fully saturated rings. The summed E-state index contributed by atoms with van der Waals surface area (Å²) in [5.41, 5.74) is 0. The average molecular weight is 196 g/mol. The molecule has 0 aliphatic carbocycles. The van der Waals surface area contributed by atoms with E-state index in [4.69, 9.17) is 18.2 Å². The van der Waals surface area contributed by atoms with Crippen LogP contribution in [0.2, 0.25) is 5.02 Å². The Morgan fingerprint density at radius 3 is 3.15 bits per heavy atom. The number of amides is 1. The van der Waals surface area contributed by atoms with E-state index < -0.39 is 0 Å². The molecule has 1 aromatic heterocycles. The number of aromatic nitrogens is 1. The van der Waals surface area contributed by atoms with Crippen molar-refractivity contribution < 1.29 is 4.79 Å². The number of hydrogen-bond acceptors (Lipinski definition) is 2. The zero-order chi connectivity index (χ0) is 9.68. The van der Waals surface area contributed by atoms with Gasteiger partial charge >= 0.3 is 5.91 Å². The molecule has 0 saturated heterocycles. The first-order chi connectivity index (χ1) is 6.22. The van der Waals surface area contributed by atoms with Crippen molar-refractivity contribution in [1.29, 1.82) is 0 Å². The number of anilines is 1. The Balaban J connectivity index is 2.65. The number of carbonyl (C=O) groups is 1. The molecule has 0 aliphatic rings. The lowest BCUT2D eigenvalue weighted by Gasteiger charge is -1.99. The van der Waals surface area contributed by atoms with Crippen LogP contribution in [0.5, 0.6) is 0 Å². The number of nitrogens with one attached hydrogen (secondary N) is 1. The predicted molar refractivity (Wildman–Crippen MR) is 49.3 cm³/mol. The lowest BCUT2D eigenvalue weighted by atomic mass is 10.4. The highest BCUT2D eigenvalue weighted by atomic mass is 35.5. The van der Waals surface area contributed by atoms with Crippen molar-refractivity contribution in [2.75, 3.05) is 11.9 Å². The van der Waals surface area contributed by atoms with Gasteiger partial charge in [0.1, 0.15) is 5.82 Å². The fraction of sp³-hybridized carbons (Fsp3) is 0.125. The van der Waals surface area contributed by atoms with E-state index in [0.29, 0.717) is 10.8 Å². The second-order valence-electron chi connectivity index (χ2n) is 2.22. The molecular weight excluding hydrogens is 190 g/mol. The van der Waals surface area contributed by atoms with Gasteiger partial charge in [0.15, 0.2) is 0 Å². The molecule has 1 heterocycles. The van der Waals surface area contributed by atoms with Crippen molar-refractivity contribution in [1.82, 2.24) is 4.98 Å². The first-order valence-electron chi connectivity index (χ1n) is 3.47. The van der Waals surface area contributed by atoms with Gasteiger partial charge in [0.25, 0.3) is 6.54 Å². The summed E-state index contributed by atoms with van der Waals surface area (Å²) in [5.74, 6) is -0.0223. The Morgan fingerprint density at radius 1 is 1.77 bits per heavy atom. The first-order valence-corrected chi connectivity index (χ1v) is 3.85. The lowest BCUT2D eigenvalue weighted by molar-refractivity contribution is -0.114. The standard InChI is InChI=1S/C8H6ClN3O/c1-10-5-8(13)12-7-4-6(9)2-3-11-7/h2-4H,5H2,(H,11,12,13). The summed E-state index contributed by atoms with van der Waals surface area (Å²) in [6.45, 7) is 6.26. The summed E-state index contributed by atoms with van der Waals surface area (Å²) in [6, 6.07) is 3.12. The summed E-state index contributed by atoms with van der Waals surface area (Å²) in [6.07, 6.45) is 1.48. The SMILES string of the molecule is [C-]#[N+]CC(=O)Nc1cc(Cl)ccn1. The molecule has 0 saturated carbocycles. The molecule has 1 aromatic rings. The van der Waals surface area contributed by atoms with Gasteiger partial charge in [-0.05, 0) is 12.1 Å². The molecule has 1 N–H and O–H groups in total. The lowest BCUT2D eigenvalue weighted by Crippen LogP contribution is -2.14. The number of hydrogen-bond donors (Lipinski definition) is 1. The van der Waals surface area contributed by atoms with Crippen LogP contribution in [0.15, 0.2) is 18.3 Å². The van der Waals surface area contributed by atoms with E-state index in [0.717, 1.165) is 0 Å². The van der Waals surface area contributed by atoms with E-state index in [2.05, 4.69) is 15.1 Å². The van der Waals surface area contributed by atoms with Crippen molar-refractivity contribution in [2.24, 2.45) is 0 Å². The number of pyridine rings is 1. The van der Waals surface area contributed by atoms with E-state index in [1.54, 1.807) is 6.07 Å². The maximum absolute atomic E-state index is 10.9. The van der Waals surface area contributed by atoms with Crippen LogP contribution in [0.4, 0.5) is 5.82 Å². The number of rotatable bonds is 2. The normalized spacial score (nSPS) is 8.92. The molecule has 0 spiro atoms. The van der Waals surface area contributed by atoms with Gasteiger partial charge in [-0.3, -0.25) is 4.79 Å². The summed E-state index contributed by atoms with van der Waals surface area (Å²) in [5, 5.41) is 2.93. The van der Waals surface area contributed by atoms with Gasteiger partial charge in [-0.15, -0.1) is 0 Å². The van der Waals surface area contributed by atoms with Crippen LogP contribution in [-0.4, -0.2) is 17.4 Å². The van der Waals surface area contributed by atoms with Crippen LogP contribution in [0.3, 0.4) is 0 Å². The average Bonchev–Trinajstić information content (AvgIpc) is 2.04. The van der Waals surface area contributed by atoms with Crippen molar-refractivity contribution in [2.45, 2.75) is 0 Å². The van der Waals surface area contributed by atoms with Crippen molar-refractivity contribution in [3.8, 4) is 0 Å². The highest BCUT2D eigenvalue weighted by molar-refractivity contribution is 6.30. The minimum atomic E-state index is -0.384. The molecule has 0 unspecified atom stereocenters. The van der Waals surface area contributed by atoms with Gasteiger partial charge in [-0.2, -0.15) is 0 Å². The summed E-state index contributed by atoms with van der Waals surface area (Å²) in [7, 11) is 0. The van der Waals surface area contributed by atoms with Crippen LogP contribution in [-0.2, 0) is 4.79 Å². The summed E-state index contributed by atoms with van der Waals surface area (Å²) < 4.78 is 0. The van der Waals surface area contributed by atoms with Gasteiger partial charge in [0.2, 0.25) is 0 Å².